The second kappa shape index (κ2) is 5.11. The number of anilines is 1. The van der Waals surface area contributed by atoms with Gasteiger partial charge in [0.25, 0.3) is 5.69 Å². The first-order valence-corrected chi connectivity index (χ1v) is 4.82. The smallest absolute Gasteiger partial charge is 0.337 e. The standard InChI is InChI=1S/C10H12N2O4/c1-2-5-11-9-6-7(12(15)16)3-4-8(9)10(13)14/h3-4,6,11H,2,5H2,1H3,(H,13,14). The van der Waals surface area contributed by atoms with Gasteiger partial charge in [-0.05, 0) is 12.5 Å². The third-order valence-electron chi connectivity index (χ3n) is 2.01. The largest absolute Gasteiger partial charge is 0.478 e. The van der Waals surface area contributed by atoms with Crippen molar-refractivity contribution in [3.8, 4) is 0 Å². The number of benzene rings is 1. The van der Waals surface area contributed by atoms with Crippen LogP contribution in [0.2, 0.25) is 0 Å². The van der Waals surface area contributed by atoms with Gasteiger partial charge < -0.3 is 10.4 Å². The number of nitrogens with zero attached hydrogens (tertiary/aromatic N) is 1. The molecule has 0 bridgehead atoms. The van der Waals surface area contributed by atoms with Crippen molar-refractivity contribution in [3.05, 3.63) is 33.9 Å². The molecular weight excluding hydrogens is 212 g/mol. The molecule has 86 valence electrons. The van der Waals surface area contributed by atoms with Gasteiger partial charge in [-0.15, -0.1) is 0 Å². The molecule has 1 aromatic rings. The highest BCUT2D eigenvalue weighted by molar-refractivity contribution is 5.94. The predicted octanol–water partition coefficient (Wildman–Crippen LogP) is 2.11. The first-order chi connectivity index (χ1) is 7.56. The van der Waals surface area contributed by atoms with E-state index in [-0.39, 0.29) is 16.9 Å². The second-order valence-electron chi connectivity index (χ2n) is 3.22. The summed E-state index contributed by atoms with van der Waals surface area (Å²) >= 11 is 0. The number of rotatable bonds is 5. The van der Waals surface area contributed by atoms with Gasteiger partial charge in [0.1, 0.15) is 0 Å². The molecule has 0 atom stereocenters. The SMILES string of the molecule is CCCNc1cc([N+](=O)[O-])ccc1C(=O)O. The van der Waals surface area contributed by atoms with Crippen LogP contribution >= 0.6 is 0 Å². The first kappa shape index (κ1) is 12.0. The minimum atomic E-state index is -1.10. The summed E-state index contributed by atoms with van der Waals surface area (Å²) in [5, 5.41) is 22.3. The predicted molar refractivity (Wildman–Crippen MR) is 58.8 cm³/mol. The maximum absolute atomic E-state index is 10.9. The van der Waals surface area contributed by atoms with Gasteiger partial charge in [-0.3, -0.25) is 10.1 Å². The van der Waals surface area contributed by atoms with E-state index in [4.69, 9.17) is 5.11 Å². The molecule has 0 unspecified atom stereocenters. The first-order valence-electron chi connectivity index (χ1n) is 4.82. The van der Waals surface area contributed by atoms with Crippen LogP contribution in [0.25, 0.3) is 0 Å². The summed E-state index contributed by atoms with van der Waals surface area (Å²) < 4.78 is 0. The third kappa shape index (κ3) is 2.69. The lowest BCUT2D eigenvalue weighted by atomic mass is 10.1. The minimum absolute atomic E-state index is 0.0408. The maximum Gasteiger partial charge on any atom is 0.337 e. The van der Waals surface area contributed by atoms with Crippen molar-refractivity contribution < 1.29 is 14.8 Å². The van der Waals surface area contributed by atoms with E-state index in [1.807, 2.05) is 6.92 Å². The van der Waals surface area contributed by atoms with Crippen LogP contribution in [0, 0.1) is 10.1 Å². The Balaban J connectivity index is 3.10. The molecule has 0 aromatic heterocycles. The van der Waals surface area contributed by atoms with Crippen LogP contribution in [0.3, 0.4) is 0 Å². The molecule has 6 nitrogen and oxygen atoms in total. The van der Waals surface area contributed by atoms with Crippen molar-refractivity contribution in [2.45, 2.75) is 13.3 Å². The zero-order valence-electron chi connectivity index (χ0n) is 8.77. The molecule has 1 aromatic carbocycles. The number of carboxylic acids is 1. The van der Waals surface area contributed by atoms with Crippen LogP contribution in [0.4, 0.5) is 11.4 Å². The number of nitro benzene ring substituents is 1. The lowest BCUT2D eigenvalue weighted by Gasteiger charge is -2.07. The van der Waals surface area contributed by atoms with Gasteiger partial charge in [0.05, 0.1) is 16.2 Å². The zero-order chi connectivity index (χ0) is 12.1. The number of carboxylic acid groups (broad SMARTS) is 1. The van der Waals surface area contributed by atoms with E-state index in [9.17, 15) is 14.9 Å². The Hall–Kier alpha value is -2.11. The Kier molecular flexibility index (Phi) is 3.82. The molecule has 0 spiro atoms. The summed E-state index contributed by atoms with van der Waals surface area (Å²) in [5.41, 5.74) is 0.200. The van der Waals surface area contributed by atoms with Gasteiger partial charge in [0, 0.05) is 18.7 Å². The Morgan fingerprint density at radius 2 is 2.25 bits per heavy atom. The Morgan fingerprint density at radius 3 is 2.75 bits per heavy atom. The Morgan fingerprint density at radius 1 is 1.56 bits per heavy atom. The van der Waals surface area contributed by atoms with Crippen LogP contribution in [-0.2, 0) is 0 Å². The van der Waals surface area contributed by atoms with Crippen molar-refractivity contribution in [3.63, 3.8) is 0 Å². The van der Waals surface area contributed by atoms with E-state index < -0.39 is 10.9 Å². The highest BCUT2D eigenvalue weighted by atomic mass is 16.6. The van der Waals surface area contributed by atoms with Crippen molar-refractivity contribution in [1.29, 1.82) is 0 Å². The molecule has 0 radical (unpaired) electrons. The van der Waals surface area contributed by atoms with Gasteiger partial charge in [0.15, 0.2) is 0 Å². The highest BCUT2D eigenvalue weighted by Crippen LogP contribution is 2.22. The highest BCUT2D eigenvalue weighted by Gasteiger charge is 2.14. The number of nitrogens with one attached hydrogen (secondary N) is 1. The molecule has 6 heteroatoms. The molecule has 0 aliphatic rings. The van der Waals surface area contributed by atoms with E-state index in [0.717, 1.165) is 6.42 Å². The fourth-order valence-corrected chi connectivity index (χ4v) is 1.24. The lowest BCUT2D eigenvalue weighted by Crippen LogP contribution is -2.07. The normalized spacial score (nSPS) is 9.81. The molecule has 0 heterocycles. The molecule has 0 aliphatic heterocycles. The van der Waals surface area contributed by atoms with Crippen molar-refractivity contribution in [2.75, 3.05) is 11.9 Å². The number of nitro groups is 1. The topological polar surface area (TPSA) is 92.5 Å². The van der Waals surface area contributed by atoms with Gasteiger partial charge in [0.2, 0.25) is 0 Å². The Bertz CT molecular complexity index is 417. The molecule has 0 saturated heterocycles. The van der Waals surface area contributed by atoms with E-state index >= 15 is 0 Å². The van der Waals surface area contributed by atoms with Crippen LogP contribution in [-0.4, -0.2) is 22.5 Å². The number of carbonyl (C=O) groups is 1. The summed E-state index contributed by atoms with van der Waals surface area (Å²) in [6, 6.07) is 3.65. The summed E-state index contributed by atoms with van der Waals surface area (Å²) in [4.78, 5) is 20.8. The molecule has 0 fully saturated rings. The number of non-ortho nitro benzene ring substituents is 1. The fourth-order valence-electron chi connectivity index (χ4n) is 1.24. The lowest BCUT2D eigenvalue weighted by molar-refractivity contribution is -0.384. The molecule has 16 heavy (non-hydrogen) atoms. The third-order valence-corrected chi connectivity index (χ3v) is 2.01. The quantitative estimate of drug-likeness (QED) is 0.590. The average molecular weight is 224 g/mol. The van der Waals surface area contributed by atoms with Gasteiger partial charge >= 0.3 is 5.97 Å². The molecule has 0 amide bonds. The maximum atomic E-state index is 10.9. The summed E-state index contributed by atoms with van der Waals surface area (Å²) in [6.45, 7) is 2.49. The molecule has 1 rings (SSSR count). The molecule has 2 N–H and O–H groups in total. The Labute approximate surface area is 92.0 Å². The summed E-state index contributed by atoms with van der Waals surface area (Å²) in [6.07, 6.45) is 0.807. The molecule has 0 saturated carbocycles. The monoisotopic (exact) mass is 224 g/mol. The van der Waals surface area contributed by atoms with Gasteiger partial charge in [-0.2, -0.15) is 0 Å². The van der Waals surface area contributed by atoms with Crippen molar-refractivity contribution in [2.24, 2.45) is 0 Å². The van der Waals surface area contributed by atoms with E-state index in [1.165, 1.54) is 18.2 Å². The zero-order valence-corrected chi connectivity index (χ0v) is 8.77. The number of hydrogen-bond donors (Lipinski definition) is 2. The molecular formula is C10H12N2O4. The van der Waals surface area contributed by atoms with Gasteiger partial charge in [-0.1, -0.05) is 6.92 Å². The van der Waals surface area contributed by atoms with E-state index in [2.05, 4.69) is 5.32 Å². The summed E-state index contributed by atoms with van der Waals surface area (Å²) in [5.74, 6) is -1.10. The van der Waals surface area contributed by atoms with Crippen LogP contribution in [0.5, 0.6) is 0 Å². The van der Waals surface area contributed by atoms with Crippen LogP contribution in [0.15, 0.2) is 18.2 Å². The van der Waals surface area contributed by atoms with Crippen LogP contribution < -0.4 is 5.32 Å². The fraction of sp³-hybridized carbons (Fsp3) is 0.300. The van der Waals surface area contributed by atoms with Crippen LogP contribution in [0.1, 0.15) is 23.7 Å². The average Bonchev–Trinajstić information content (AvgIpc) is 2.25. The number of aromatic carboxylic acids is 1. The molecule has 0 aliphatic carbocycles. The van der Waals surface area contributed by atoms with Crippen molar-refractivity contribution >= 4 is 17.3 Å². The van der Waals surface area contributed by atoms with E-state index in [1.54, 1.807) is 0 Å². The van der Waals surface area contributed by atoms with Crippen molar-refractivity contribution in [1.82, 2.24) is 0 Å². The minimum Gasteiger partial charge on any atom is -0.478 e. The number of hydrogen-bond acceptors (Lipinski definition) is 4. The second-order valence-corrected chi connectivity index (χ2v) is 3.22. The van der Waals surface area contributed by atoms with Gasteiger partial charge in [-0.25, -0.2) is 4.79 Å². The van der Waals surface area contributed by atoms with E-state index in [0.29, 0.717) is 6.54 Å². The summed E-state index contributed by atoms with van der Waals surface area (Å²) in [7, 11) is 0.